The number of fused-ring (bicyclic) bond motifs is 1. The van der Waals surface area contributed by atoms with Crippen molar-refractivity contribution in [1.29, 1.82) is 0 Å². The Morgan fingerprint density at radius 1 is 1.05 bits per heavy atom. The smallest absolute Gasteiger partial charge is 0.161 e. The van der Waals surface area contributed by atoms with Crippen molar-refractivity contribution in [2.24, 2.45) is 0 Å². The summed E-state index contributed by atoms with van der Waals surface area (Å²) in [6, 6.07) is 11.9. The van der Waals surface area contributed by atoms with Gasteiger partial charge in [-0.25, -0.2) is 4.98 Å². The van der Waals surface area contributed by atoms with Crippen molar-refractivity contribution >= 4 is 5.82 Å². The molecule has 0 spiro atoms. The average Bonchev–Trinajstić information content (AvgIpc) is 2.71. The van der Waals surface area contributed by atoms with Gasteiger partial charge in [0.2, 0.25) is 0 Å². The summed E-state index contributed by atoms with van der Waals surface area (Å²) < 4.78 is 11.3. The molecule has 0 atom stereocenters. The Morgan fingerprint density at radius 2 is 1.89 bits per heavy atom. The largest absolute Gasteiger partial charge is 0.490 e. The summed E-state index contributed by atoms with van der Waals surface area (Å²) in [4.78, 5) is 4.53. The molecule has 98 valence electrons. The van der Waals surface area contributed by atoms with Gasteiger partial charge < -0.3 is 14.8 Å². The van der Waals surface area contributed by atoms with E-state index in [1.807, 2.05) is 43.4 Å². The molecule has 0 saturated carbocycles. The summed E-state index contributed by atoms with van der Waals surface area (Å²) in [5.41, 5.74) is 1.95. The van der Waals surface area contributed by atoms with E-state index in [4.69, 9.17) is 9.47 Å². The van der Waals surface area contributed by atoms with Gasteiger partial charge in [0, 0.05) is 19.0 Å². The predicted octanol–water partition coefficient (Wildman–Crippen LogP) is 2.95. The van der Waals surface area contributed by atoms with E-state index in [0.717, 1.165) is 35.0 Å². The summed E-state index contributed by atoms with van der Waals surface area (Å²) in [5, 5.41) is 3.04. The minimum absolute atomic E-state index is 0.695. The number of nitrogens with one attached hydrogen (secondary N) is 1. The maximum absolute atomic E-state index is 5.70. The first-order valence-electron chi connectivity index (χ1n) is 6.41. The normalized spacial score (nSPS) is 13.7. The third-order valence-electron chi connectivity index (χ3n) is 3.05. The Kier molecular flexibility index (Phi) is 3.23. The van der Waals surface area contributed by atoms with E-state index in [1.165, 1.54) is 0 Å². The second-order valence-corrected chi connectivity index (χ2v) is 4.37. The molecule has 1 aliphatic heterocycles. The van der Waals surface area contributed by atoms with Crippen LogP contribution in [0.2, 0.25) is 0 Å². The molecule has 1 aliphatic rings. The maximum atomic E-state index is 5.70. The van der Waals surface area contributed by atoms with Crippen molar-refractivity contribution < 1.29 is 9.47 Å². The summed E-state index contributed by atoms with van der Waals surface area (Å²) in [6.07, 6.45) is 0.914. The number of hydrogen-bond acceptors (Lipinski definition) is 4. The lowest BCUT2D eigenvalue weighted by Crippen LogP contribution is -1.97. The van der Waals surface area contributed by atoms with Crippen LogP contribution < -0.4 is 14.8 Å². The van der Waals surface area contributed by atoms with Crippen LogP contribution in [0.3, 0.4) is 0 Å². The number of benzene rings is 1. The molecule has 0 saturated heterocycles. The molecular weight excluding hydrogens is 240 g/mol. The van der Waals surface area contributed by atoms with Gasteiger partial charge in [0.1, 0.15) is 5.82 Å². The number of nitrogens with zero attached hydrogens (tertiary/aromatic N) is 1. The fourth-order valence-corrected chi connectivity index (χ4v) is 2.06. The van der Waals surface area contributed by atoms with Crippen LogP contribution in [0.4, 0.5) is 5.82 Å². The Hall–Kier alpha value is -2.23. The first-order chi connectivity index (χ1) is 9.36. The fraction of sp³-hybridized carbons (Fsp3) is 0.267. The number of anilines is 1. The molecule has 0 aliphatic carbocycles. The van der Waals surface area contributed by atoms with Crippen LogP contribution in [-0.2, 0) is 0 Å². The molecule has 2 aromatic rings. The van der Waals surface area contributed by atoms with E-state index in [0.29, 0.717) is 13.2 Å². The van der Waals surface area contributed by atoms with Crippen molar-refractivity contribution in [1.82, 2.24) is 4.98 Å². The Labute approximate surface area is 112 Å². The monoisotopic (exact) mass is 256 g/mol. The van der Waals surface area contributed by atoms with E-state index >= 15 is 0 Å². The Balaban J connectivity index is 1.98. The zero-order valence-electron chi connectivity index (χ0n) is 10.8. The standard InChI is InChI=1S/C15H16N2O2/c1-16-15-5-2-4-12(17-15)11-6-7-13-14(10-11)19-9-3-8-18-13/h2,4-7,10H,3,8-9H2,1H3,(H,16,17). The summed E-state index contributed by atoms with van der Waals surface area (Å²) >= 11 is 0. The molecule has 4 heteroatoms. The molecule has 1 aromatic carbocycles. The highest BCUT2D eigenvalue weighted by Crippen LogP contribution is 2.33. The van der Waals surface area contributed by atoms with Gasteiger partial charge >= 0.3 is 0 Å². The van der Waals surface area contributed by atoms with Gasteiger partial charge in [-0.15, -0.1) is 0 Å². The van der Waals surface area contributed by atoms with Gasteiger partial charge in [-0.3, -0.25) is 0 Å². The third kappa shape index (κ3) is 2.47. The van der Waals surface area contributed by atoms with Crippen LogP contribution in [0.5, 0.6) is 11.5 Å². The van der Waals surface area contributed by atoms with Crippen molar-refractivity contribution in [3.8, 4) is 22.8 Å². The van der Waals surface area contributed by atoms with Crippen molar-refractivity contribution in [2.45, 2.75) is 6.42 Å². The van der Waals surface area contributed by atoms with Crippen LogP contribution in [-0.4, -0.2) is 25.2 Å². The van der Waals surface area contributed by atoms with E-state index < -0.39 is 0 Å². The second-order valence-electron chi connectivity index (χ2n) is 4.37. The number of aromatic nitrogens is 1. The molecule has 0 amide bonds. The van der Waals surface area contributed by atoms with Crippen molar-refractivity contribution in [2.75, 3.05) is 25.6 Å². The topological polar surface area (TPSA) is 43.4 Å². The first-order valence-corrected chi connectivity index (χ1v) is 6.41. The highest BCUT2D eigenvalue weighted by molar-refractivity contribution is 5.65. The fourth-order valence-electron chi connectivity index (χ4n) is 2.06. The molecule has 1 N–H and O–H groups in total. The molecule has 0 fully saturated rings. The highest BCUT2D eigenvalue weighted by atomic mass is 16.5. The van der Waals surface area contributed by atoms with E-state index in [9.17, 15) is 0 Å². The summed E-state index contributed by atoms with van der Waals surface area (Å²) in [5.74, 6) is 2.46. The second kappa shape index (κ2) is 5.18. The van der Waals surface area contributed by atoms with Crippen LogP contribution in [0, 0.1) is 0 Å². The lowest BCUT2D eigenvalue weighted by Gasteiger charge is -2.09. The lowest BCUT2D eigenvalue weighted by molar-refractivity contribution is 0.297. The molecule has 2 heterocycles. The average molecular weight is 256 g/mol. The first kappa shape index (κ1) is 11.8. The summed E-state index contributed by atoms with van der Waals surface area (Å²) in [7, 11) is 1.86. The quantitative estimate of drug-likeness (QED) is 0.897. The van der Waals surface area contributed by atoms with E-state index in [2.05, 4.69) is 10.3 Å². The molecular formula is C15H16N2O2. The zero-order chi connectivity index (χ0) is 13.1. The van der Waals surface area contributed by atoms with Crippen LogP contribution in [0.15, 0.2) is 36.4 Å². The van der Waals surface area contributed by atoms with Crippen LogP contribution in [0.1, 0.15) is 6.42 Å². The minimum atomic E-state index is 0.695. The van der Waals surface area contributed by atoms with Gasteiger partial charge in [0.05, 0.1) is 18.9 Å². The van der Waals surface area contributed by atoms with Gasteiger partial charge in [0.25, 0.3) is 0 Å². The van der Waals surface area contributed by atoms with Gasteiger partial charge in [0.15, 0.2) is 11.5 Å². The number of rotatable bonds is 2. The Bertz CT molecular complexity index is 584. The maximum Gasteiger partial charge on any atom is 0.161 e. The Morgan fingerprint density at radius 3 is 2.74 bits per heavy atom. The molecule has 0 unspecified atom stereocenters. The molecule has 1 aromatic heterocycles. The number of ether oxygens (including phenoxy) is 2. The summed E-state index contributed by atoms with van der Waals surface area (Å²) in [6.45, 7) is 1.40. The predicted molar refractivity (Wildman–Crippen MR) is 74.8 cm³/mol. The van der Waals surface area contributed by atoms with Gasteiger partial charge in [-0.05, 0) is 30.3 Å². The van der Waals surface area contributed by atoms with Gasteiger partial charge in [-0.1, -0.05) is 6.07 Å². The van der Waals surface area contributed by atoms with Crippen LogP contribution >= 0.6 is 0 Å². The van der Waals surface area contributed by atoms with Gasteiger partial charge in [-0.2, -0.15) is 0 Å². The molecule has 19 heavy (non-hydrogen) atoms. The number of pyridine rings is 1. The molecule has 0 radical (unpaired) electrons. The molecule has 0 bridgehead atoms. The van der Waals surface area contributed by atoms with E-state index in [-0.39, 0.29) is 0 Å². The molecule has 4 nitrogen and oxygen atoms in total. The molecule has 3 rings (SSSR count). The zero-order valence-corrected chi connectivity index (χ0v) is 10.8. The third-order valence-corrected chi connectivity index (χ3v) is 3.05. The highest BCUT2D eigenvalue weighted by Gasteiger charge is 2.11. The minimum Gasteiger partial charge on any atom is -0.490 e. The van der Waals surface area contributed by atoms with Crippen molar-refractivity contribution in [3.63, 3.8) is 0 Å². The van der Waals surface area contributed by atoms with Crippen LogP contribution in [0.25, 0.3) is 11.3 Å². The van der Waals surface area contributed by atoms with E-state index in [1.54, 1.807) is 0 Å². The number of hydrogen-bond donors (Lipinski definition) is 1. The van der Waals surface area contributed by atoms with Crippen molar-refractivity contribution in [3.05, 3.63) is 36.4 Å². The lowest BCUT2D eigenvalue weighted by atomic mass is 10.1. The SMILES string of the molecule is CNc1cccc(-c2ccc3c(c2)OCCCO3)n1.